The zero-order chi connectivity index (χ0) is 13.1. The highest BCUT2D eigenvalue weighted by molar-refractivity contribution is 6.30. The van der Waals surface area contributed by atoms with Crippen molar-refractivity contribution in [1.82, 2.24) is 0 Å². The highest BCUT2D eigenvalue weighted by Gasteiger charge is 2.37. The maximum Gasteiger partial charge on any atom is 0.316 e. The van der Waals surface area contributed by atoms with Gasteiger partial charge in [0.15, 0.2) is 0 Å². The quantitative estimate of drug-likeness (QED) is 0.770. The topological polar surface area (TPSA) is 26.3 Å². The Labute approximate surface area is 106 Å². The van der Waals surface area contributed by atoms with Gasteiger partial charge in [0.1, 0.15) is 5.82 Å². The lowest BCUT2D eigenvalue weighted by Crippen LogP contribution is -2.34. The maximum atomic E-state index is 13.8. The third-order valence-electron chi connectivity index (χ3n) is 2.96. The molecule has 0 saturated heterocycles. The van der Waals surface area contributed by atoms with Crippen LogP contribution in [0.3, 0.4) is 0 Å². The lowest BCUT2D eigenvalue weighted by Gasteiger charge is -2.26. The van der Waals surface area contributed by atoms with Gasteiger partial charge in [-0.15, -0.1) is 0 Å². The first-order chi connectivity index (χ1) is 7.95. The van der Waals surface area contributed by atoms with Crippen molar-refractivity contribution in [3.8, 4) is 0 Å². The van der Waals surface area contributed by atoms with Crippen LogP contribution >= 0.6 is 11.6 Å². The Morgan fingerprint density at radius 2 is 2.12 bits per heavy atom. The first kappa shape index (κ1) is 14.0. The van der Waals surface area contributed by atoms with E-state index in [2.05, 4.69) is 0 Å². The van der Waals surface area contributed by atoms with Gasteiger partial charge in [-0.1, -0.05) is 24.6 Å². The SMILES string of the molecule is CCOC(=O)C(C)(CC)c1ccc(Cl)cc1F. The van der Waals surface area contributed by atoms with Crippen molar-refractivity contribution in [2.24, 2.45) is 0 Å². The van der Waals surface area contributed by atoms with Crippen molar-refractivity contribution in [2.45, 2.75) is 32.6 Å². The van der Waals surface area contributed by atoms with E-state index in [1.807, 2.05) is 6.92 Å². The summed E-state index contributed by atoms with van der Waals surface area (Å²) in [6.45, 7) is 5.51. The van der Waals surface area contributed by atoms with E-state index in [4.69, 9.17) is 16.3 Å². The first-order valence-electron chi connectivity index (χ1n) is 5.58. The number of hydrogen-bond acceptors (Lipinski definition) is 2. The average molecular weight is 259 g/mol. The molecule has 0 N–H and O–H groups in total. The summed E-state index contributed by atoms with van der Waals surface area (Å²) in [5.74, 6) is -0.890. The Morgan fingerprint density at radius 1 is 1.47 bits per heavy atom. The second kappa shape index (κ2) is 5.50. The molecule has 0 aromatic heterocycles. The predicted molar refractivity (Wildman–Crippen MR) is 65.7 cm³/mol. The fraction of sp³-hybridized carbons (Fsp3) is 0.462. The molecule has 0 aliphatic carbocycles. The first-order valence-corrected chi connectivity index (χ1v) is 5.96. The molecule has 0 bridgehead atoms. The summed E-state index contributed by atoms with van der Waals surface area (Å²) < 4.78 is 18.8. The van der Waals surface area contributed by atoms with Crippen LogP contribution in [0.1, 0.15) is 32.8 Å². The number of rotatable bonds is 4. The molecule has 94 valence electrons. The molecular formula is C13H16ClFO2. The molecule has 0 radical (unpaired) electrons. The van der Waals surface area contributed by atoms with Crippen molar-refractivity contribution in [3.05, 3.63) is 34.6 Å². The molecule has 0 saturated carbocycles. The standard InChI is InChI=1S/C13H16ClFO2/c1-4-13(3,12(16)17-5-2)10-7-6-9(14)8-11(10)15/h6-8H,4-5H2,1-3H3. The fourth-order valence-electron chi connectivity index (χ4n) is 1.67. The summed E-state index contributed by atoms with van der Waals surface area (Å²) in [6, 6.07) is 4.33. The van der Waals surface area contributed by atoms with Crippen molar-refractivity contribution in [2.75, 3.05) is 6.61 Å². The molecule has 1 atom stereocenters. The van der Waals surface area contributed by atoms with Crippen LogP contribution in [0.25, 0.3) is 0 Å². The predicted octanol–water partition coefficient (Wildman–Crippen LogP) is 3.71. The molecule has 0 spiro atoms. The molecule has 1 aromatic carbocycles. The van der Waals surface area contributed by atoms with Gasteiger partial charge in [0, 0.05) is 10.6 Å². The summed E-state index contributed by atoms with van der Waals surface area (Å²) in [5.41, 5.74) is -0.645. The summed E-state index contributed by atoms with van der Waals surface area (Å²) in [4.78, 5) is 11.9. The largest absolute Gasteiger partial charge is 0.465 e. The third kappa shape index (κ3) is 2.78. The molecule has 0 aliphatic rings. The van der Waals surface area contributed by atoms with Crippen LogP contribution in [0.4, 0.5) is 4.39 Å². The third-order valence-corrected chi connectivity index (χ3v) is 3.19. The molecule has 1 unspecified atom stereocenters. The zero-order valence-corrected chi connectivity index (χ0v) is 11.0. The van der Waals surface area contributed by atoms with Crippen LogP contribution < -0.4 is 0 Å². The second-order valence-corrected chi connectivity index (χ2v) is 4.47. The van der Waals surface area contributed by atoms with E-state index in [1.54, 1.807) is 19.9 Å². The minimum atomic E-state index is -0.968. The number of ether oxygens (including phenoxy) is 1. The van der Waals surface area contributed by atoms with Gasteiger partial charge in [-0.05, 0) is 32.4 Å². The molecule has 4 heteroatoms. The Hall–Kier alpha value is -1.09. The smallest absolute Gasteiger partial charge is 0.316 e. The summed E-state index contributed by atoms with van der Waals surface area (Å²) in [6.07, 6.45) is 0.463. The fourth-order valence-corrected chi connectivity index (χ4v) is 1.83. The molecule has 1 aromatic rings. The van der Waals surface area contributed by atoms with E-state index < -0.39 is 17.2 Å². The number of esters is 1. The molecule has 0 aliphatic heterocycles. The van der Waals surface area contributed by atoms with Gasteiger partial charge in [-0.2, -0.15) is 0 Å². The van der Waals surface area contributed by atoms with Gasteiger partial charge in [0.2, 0.25) is 0 Å². The Balaban J connectivity index is 3.20. The van der Waals surface area contributed by atoms with E-state index in [0.717, 1.165) is 0 Å². The number of hydrogen-bond donors (Lipinski definition) is 0. The molecule has 0 heterocycles. The Bertz CT molecular complexity index is 420. The Kier molecular flexibility index (Phi) is 4.52. The van der Waals surface area contributed by atoms with E-state index in [9.17, 15) is 9.18 Å². The zero-order valence-electron chi connectivity index (χ0n) is 10.2. The second-order valence-electron chi connectivity index (χ2n) is 4.03. The van der Waals surface area contributed by atoms with Gasteiger partial charge in [0.05, 0.1) is 12.0 Å². The highest BCUT2D eigenvalue weighted by atomic mass is 35.5. The van der Waals surface area contributed by atoms with Crippen molar-refractivity contribution in [3.63, 3.8) is 0 Å². The molecule has 0 fully saturated rings. The van der Waals surface area contributed by atoms with Gasteiger partial charge < -0.3 is 4.74 Å². The van der Waals surface area contributed by atoms with E-state index in [1.165, 1.54) is 12.1 Å². The van der Waals surface area contributed by atoms with Crippen molar-refractivity contribution < 1.29 is 13.9 Å². The van der Waals surface area contributed by atoms with E-state index in [0.29, 0.717) is 17.0 Å². The van der Waals surface area contributed by atoms with E-state index >= 15 is 0 Å². The number of carbonyl (C=O) groups is 1. The summed E-state index contributed by atoms with van der Waals surface area (Å²) in [7, 11) is 0. The van der Waals surface area contributed by atoms with Gasteiger partial charge in [-0.3, -0.25) is 4.79 Å². The van der Waals surface area contributed by atoms with Crippen LogP contribution in [-0.2, 0) is 14.9 Å². The number of halogens is 2. The van der Waals surface area contributed by atoms with Crippen LogP contribution in [0, 0.1) is 5.82 Å². The molecule has 2 nitrogen and oxygen atoms in total. The average Bonchev–Trinajstić information content (AvgIpc) is 2.28. The molecule has 0 amide bonds. The number of benzene rings is 1. The van der Waals surface area contributed by atoms with Crippen molar-refractivity contribution >= 4 is 17.6 Å². The lowest BCUT2D eigenvalue weighted by atomic mass is 9.80. The van der Waals surface area contributed by atoms with Crippen LogP contribution in [-0.4, -0.2) is 12.6 Å². The normalized spacial score (nSPS) is 14.2. The molecule has 1 rings (SSSR count). The lowest BCUT2D eigenvalue weighted by molar-refractivity contribution is -0.149. The van der Waals surface area contributed by atoms with Crippen LogP contribution in [0.15, 0.2) is 18.2 Å². The minimum absolute atomic E-state index is 0.281. The minimum Gasteiger partial charge on any atom is -0.465 e. The summed E-state index contributed by atoms with van der Waals surface area (Å²) in [5, 5.41) is 0.313. The van der Waals surface area contributed by atoms with Crippen LogP contribution in [0.5, 0.6) is 0 Å². The summed E-state index contributed by atoms with van der Waals surface area (Å²) >= 11 is 5.69. The Morgan fingerprint density at radius 3 is 2.59 bits per heavy atom. The molecular weight excluding hydrogens is 243 g/mol. The number of carbonyl (C=O) groups excluding carboxylic acids is 1. The maximum absolute atomic E-state index is 13.8. The van der Waals surface area contributed by atoms with Gasteiger partial charge in [-0.25, -0.2) is 4.39 Å². The van der Waals surface area contributed by atoms with Gasteiger partial charge in [0.25, 0.3) is 0 Å². The van der Waals surface area contributed by atoms with E-state index in [-0.39, 0.29) is 6.61 Å². The van der Waals surface area contributed by atoms with Crippen molar-refractivity contribution in [1.29, 1.82) is 0 Å². The molecule has 17 heavy (non-hydrogen) atoms. The van der Waals surface area contributed by atoms with Crippen LogP contribution in [0.2, 0.25) is 5.02 Å². The monoisotopic (exact) mass is 258 g/mol. The highest BCUT2D eigenvalue weighted by Crippen LogP contribution is 2.32. The van der Waals surface area contributed by atoms with Gasteiger partial charge >= 0.3 is 5.97 Å².